The molecule has 1 atom stereocenters. The van der Waals surface area contributed by atoms with Gasteiger partial charge in [0.2, 0.25) is 0 Å². The number of nitrogens with one attached hydrogen (secondary N) is 1. The van der Waals surface area contributed by atoms with E-state index in [0.717, 1.165) is 5.19 Å². The number of hydrogen-bond donors (Lipinski definition) is 1. The van der Waals surface area contributed by atoms with Crippen LogP contribution in [-0.4, -0.2) is 46.5 Å². The number of halogens is 6. The van der Waals surface area contributed by atoms with E-state index in [4.69, 9.17) is 4.74 Å². The van der Waals surface area contributed by atoms with Gasteiger partial charge in [-0.05, 0) is 12.1 Å². The van der Waals surface area contributed by atoms with E-state index in [1.807, 2.05) is 17.8 Å². The van der Waals surface area contributed by atoms with Crippen molar-refractivity contribution >= 4 is 18.9 Å². The van der Waals surface area contributed by atoms with Crippen LogP contribution in [0.4, 0.5) is 32.0 Å². The van der Waals surface area contributed by atoms with Crippen LogP contribution in [-0.2, 0) is 9.47 Å². The van der Waals surface area contributed by atoms with Gasteiger partial charge in [0.1, 0.15) is 14.8 Å². The SMILES string of the molecule is C=C[Si](C)(C)c1cccc(NCOCC(OC(F)(F)CF)C(F)(F)F)c1. The molecule has 26 heavy (non-hydrogen) atoms. The molecule has 0 aromatic heterocycles. The van der Waals surface area contributed by atoms with E-state index < -0.39 is 39.7 Å². The third kappa shape index (κ3) is 7.00. The molecule has 1 aromatic carbocycles. The normalized spacial score (nSPS) is 14.2. The van der Waals surface area contributed by atoms with Crippen LogP contribution in [0.25, 0.3) is 0 Å². The Labute approximate surface area is 149 Å². The Morgan fingerprint density at radius 2 is 1.88 bits per heavy atom. The van der Waals surface area contributed by atoms with Crippen LogP contribution in [0.1, 0.15) is 0 Å². The van der Waals surface area contributed by atoms with Crippen molar-refractivity contribution in [2.45, 2.75) is 31.5 Å². The van der Waals surface area contributed by atoms with Gasteiger partial charge in [-0.2, -0.15) is 22.0 Å². The first-order valence-electron chi connectivity index (χ1n) is 7.65. The molecule has 10 heteroatoms. The van der Waals surface area contributed by atoms with Crippen molar-refractivity contribution in [3.05, 3.63) is 36.5 Å². The number of hydrogen-bond acceptors (Lipinski definition) is 3. The minimum atomic E-state index is -5.11. The van der Waals surface area contributed by atoms with E-state index in [2.05, 4.69) is 29.7 Å². The van der Waals surface area contributed by atoms with Gasteiger partial charge in [-0.1, -0.05) is 36.1 Å². The third-order valence-electron chi connectivity index (χ3n) is 3.60. The molecular weight excluding hydrogens is 380 g/mol. The first kappa shape index (κ1) is 22.5. The number of benzene rings is 1. The Kier molecular flexibility index (Phi) is 7.72. The van der Waals surface area contributed by atoms with Crippen LogP contribution >= 0.6 is 0 Å². The topological polar surface area (TPSA) is 30.5 Å². The Balaban J connectivity index is 2.61. The minimum absolute atomic E-state index is 0.364. The third-order valence-corrected chi connectivity index (χ3v) is 6.42. The van der Waals surface area contributed by atoms with Crippen molar-refractivity contribution in [1.29, 1.82) is 0 Å². The molecule has 0 heterocycles. The molecule has 1 unspecified atom stereocenters. The van der Waals surface area contributed by atoms with E-state index in [-0.39, 0.29) is 6.73 Å². The van der Waals surface area contributed by atoms with Gasteiger partial charge in [-0.15, -0.1) is 6.58 Å². The smallest absolute Gasteiger partial charge is 0.363 e. The quantitative estimate of drug-likeness (QED) is 0.276. The van der Waals surface area contributed by atoms with Crippen LogP contribution in [0.3, 0.4) is 0 Å². The summed E-state index contributed by atoms with van der Waals surface area (Å²) in [6.07, 6.45) is -12.6. The molecule has 0 aliphatic carbocycles. The number of rotatable bonds is 10. The monoisotopic (exact) mass is 401 g/mol. The van der Waals surface area contributed by atoms with Crippen LogP contribution in [0.5, 0.6) is 0 Å². The molecule has 0 aliphatic rings. The average Bonchev–Trinajstić information content (AvgIpc) is 2.57. The molecule has 0 radical (unpaired) electrons. The summed E-state index contributed by atoms with van der Waals surface area (Å²) in [6.45, 7) is 4.04. The molecule has 0 amide bonds. The largest absolute Gasteiger partial charge is 0.417 e. The fourth-order valence-electron chi connectivity index (χ4n) is 1.88. The highest BCUT2D eigenvalue weighted by Crippen LogP contribution is 2.29. The zero-order chi connectivity index (χ0) is 20.0. The van der Waals surface area contributed by atoms with Gasteiger partial charge in [-0.3, -0.25) is 0 Å². The van der Waals surface area contributed by atoms with Crippen molar-refractivity contribution in [2.75, 3.05) is 25.3 Å². The van der Waals surface area contributed by atoms with Crippen molar-refractivity contribution in [3.8, 4) is 0 Å². The first-order valence-corrected chi connectivity index (χ1v) is 10.7. The second kappa shape index (κ2) is 8.91. The first-order chi connectivity index (χ1) is 11.9. The van der Waals surface area contributed by atoms with Crippen molar-refractivity contribution in [2.24, 2.45) is 0 Å². The van der Waals surface area contributed by atoms with Crippen LogP contribution in [0.15, 0.2) is 36.5 Å². The van der Waals surface area contributed by atoms with Crippen molar-refractivity contribution in [1.82, 2.24) is 0 Å². The second-order valence-corrected chi connectivity index (χ2v) is 10.5. The Hall–Kier alpha value is -1.52. The van der Waals surface area contributed by atoms with Gasteiger partial charge in [0, 0.05) is 5.69 Å². The summed E-state index contributed by atoms with van der Waals surface area (Å²) in [5.41, 5.74) is 2.49. The molecule has 148 valence electrons. The van der Waals surface area contributed by atoms with Gasteiger partial charge in [0.25, 0.3) is 0 Å². The fraction of sp³-hybridized carbons (Fsp3) is 0.500. The maximum absolute atomic E-state index is 12.7. The Morgan fingerprint density at radius 3 is 2.42 bits per heavy atom. The summed E-state index contributed by atoms with van der Waals surface area (Å²) in [6, 6.07) is 7.22. The fourth-order valence-corrected chi connectivity index (χ4v) is 3.17. The number of anilines is 1. The highest BCUT2D eigenvalue weighted by Gasteiger charge is 2.47. The standard InChI is InChI=1S/C16H21F6NO2Si/c1-4-26(2,3)13-7-5-6-12(8-13)23-11-24-9-14(16(20,21)22)25-15(18,19)10-17/h4-8,14,23H,1,9-11H2,2-3H3. The highest BCUT2D eigenvalue weighted by molar-refractivity contribution is 6.93. The van der Waals surface area contributed by atoms with Gasteiger partial charge in [0.15, 0.2) is 12.8 Å². The Bertz CT molecular complexity index is 594. The summed E-state index contributed by atoms with van der Waals surface area (Å²) < 4.78 is 83.7. The van der Waals surface area contributed by atoms with Gasteiger partial charge in [0.05, 0.1) is 6.61 Å². The lowest BCUT2D eigenvalue weighted by molar-refractivity contribution is -0.335. The predicted molar refractivity (Wildman–Crippen MR) is 90.0 cm³/mol. The van der Waals surface area contributed by atoms with Crippen LogP contribution < -0.4 is 10.5 Å². The molecule has 1 aromatic rings. The Morgan fingerprint density at radius 1 is 1.23 bits per heavy atom. The highest BCUT2D eigenvalue weighted by atomic mass is 28.3. The van der Waals surface area contributed by atoms with E-state index in [9.17, 15) is 26.3 Å². The molecule has 0 bridgehead atoms. The molecule has 0 saturated carbocycles. The summed E-state index contributed by atoms with van der Waals surface area (Å²) in [4.78, 5) is 0. The van der Waals surface area contributed by atoms with Crippen molar-refractivity contribution in [3.63, 3.8) is 0 Å². The summed E-state index contributed by atoms with van der Waals surface area (Å²) in [5, 5.41) is 3.80. The molecule has 1 N–H and O–H groups in total. The zero-order valence-electron chi connectivity index (χ0n) is 14.4. The van der Waals surface area contributed by atoms with E-state index in [1.54, 1.807) is 12.1 Å². The van der Waals surface area contributed by atoms with Crippen LogP contribution in [0, 0.1) is 0 Å². The molecular formula is C16H21F6NO2Si. The van der Waals surface area contributed by atoms with E-state index in [1.165, 1.54) is 0 Å². The van der Waals surface area contributed by atoms with Gasteiger partial charge < -0.3 is 14.8 Å². The molecule has 0 aliphatic heterocycles. The molecule has 3 nitrogen and oxygen atoms in total. The second-order valence-electron chi connectivity index (χ2n) is 6.12. The predicted octanol–water partition coefficient (Wildman–Crippen LogP) is 4.22. The average molecular weight is 401 g/mol. The van der Waals surface area contributed by atoms with Gasteiger partial charge in [-0.25, -0.2) is 4.39 Å². The maximum Gasteiger partial charge on any atom is 0.417 e. The molecule has 0 spiro atoms. The summed E-state index contributed by atoms with van der Waals surface area (Å²) in [5.74, 6) is 0. The van der Waals surface area contributed by atoms with Crippen LogP contribution in [0.2, 0.25) is 13.1 Å². The molecule has 1 rings (SSSR count). The lowest BCUT2D eigenvalue weighted by Gasteiger charge is -2.24. The summed E-state index contributed by atoms with van der Waals surface area (Å²) in [7, 11) is -1.81. The number of alkyl halides is 6. The number of ether oxygens (including phenoxy) is 2. The minimum Gasteiger partial charge on any atom is -0.363 e. The van der Waals surface area contributed by atoms with E-state index in [0.29, 0.717) is 5.69 Å². The zero-order valence-corrected chi connectivity index (χ0v) is 15.4. The lowest BCUT2D eigenvalue weighted by Crippen LogP contribution is -2.42. The van der Waals surface area contributed by atoms with Gasteiger partial charge >= 0.3 is 12.3 Å². The summed E-state index contributed by atoms with van der Waals surface area (Å²) >= 11 is 0. The van der Waals surface area contributed by atoms with Crippen molar-refractivity contribution < 1.29 is 35.8 Å². The lowest BCUT2D eigenvalue weighted by atomic mass is 10.3. The molecule has 0 fully saturated rings. The molecule has 0 saturated heterocycles. The maximum atomic E-state index is 12.7. The van der Waals surface area contributed by atoms with E-state index >= 15 is 0 Å².